The number of aliphatic carboxylic acids is 1. The first-order chi connectivity index (χ1) is 7.56. The molecule has 2 amide bonds. The highest BCUT2D eigenvalue weighted by Crippen LogP contribution is 1.98. The summed E-state index contributed by atoms with van der Waals surface area (Å²) in [7, 11) is 0. The van der Waals surface area contributed by atoms with Crippen LogP contribution in [0.25, 0.3) is 0 Å². The minimum Gasteiger partial charge on any atom is -0.481 e. The van der Waals surface area contributed by atoms with Crippen LogP contribution < -0.4 is 10.6 Å². The fourth-order valence-corrected chi connectivity index (χ4v) is 1.14. The molecule has 0 aromatic rings. The van der Waals surface area contributed by atoms with Crippen molar-refractivity contribution in [1.82, 2.24) is 10.6 Å². The third-order valence-corrected chi connectivity index (χ3v) is 1.97. The van der Waals surface area contributed by atoms with E-state index >= 15 is 0 Å². The first kappa shape index (κ1) is 14.5. The number of allylic oxidation sites excluding steroid dienone is 1. The fourth-order valence-electron chi connectivity index (χ4n) is 1.14. The monoisotopic (exact) mass is 228 g/mol. The second kappa shape index (κ2) is 8.76. The lowest BCUT2D eigenvalue weighted by atomic mass is 10.1. The summed E-state index contributed by atoms with van der Waals surface area (Å²) in [6, 6.07) is -0.248. The number of carboxylic acid groups (broad SMARTS) is 1. The molecule has 0 aliphatic rings. The molecule has 1 unspecified atom stereocenters. The summed E-state index contributed by atoms with van der Waals surface area (Å²) in [5, 5.41) is 13.8. The van der Waals surface area contributed by atoms with Gasteiger partial charge in [0.05, 0.1) is 0 Å². The maximum absolute atomic E-state index is 11.2. The number of rotatable bonds is 7. The average molecular weight is 228 g/mol. The van der Waals surface area contributed by atoms with Crippen LogP contribution in [0.1, 0.15) is 26.7 Å². The Kier molecular flexibility index (Phi) is 7.93. The van der Waals surface area contributed by atoms with Crippen LogP contribution >= 0.6 is 0 Å². The van der Waals surface area contributed by atoms with Gasteiger partial charge in [0.1, 0.15) is 0 Å². The van der Waals surface area contributed by atoms with Crippen molar-refractivity contribution in [3.63, 3.8) is 0 Å². The number of carbonyl (C=O) groups excluding carboxylic acids is 1. The van der Waals surface area contributed by atoms with E-state index in [9.17, 15) is 9.59 Å². The second-order valence-corrected chi connectivity index (χ2v) is 3.70. The van der Waals surface area contributed by atoms with E-state index < -0.39 is 5.97 Å². The summed E-state index contributed by atoms with van der Waals surface area (Å²) in [5.41, 5.74) is 0. The van der Waals surface area contributed by atoms with Crippen LogP contribution in [0.2, 0.25) is 0 Å². The topological polar surface area (TPSA) is 78.4 Å². The van der Waals surface area contributed by atoms with Gasteiger partial charge in [0.2, 0.25) is 0 Å². The number of hydrogen-bond acceptors (Lipinski definition) is 2. The van der Waals surface area contributed by atoms with Gasteiger partial charge in [-0.1, -0.05) is 19.1 Å². The maximum Gasteiger partial charge on any atom is 0.314 e. The highest BCUT2D eigenvalue weighted by Gasteiger charge is 2.08. The quantitative estimate of drug-likeness (QED) is 0.455. The summed E-state index contributed by atoms with van der Waals surface area (Å²) in [6.07, 6.45) is 4.76. The molecule has 92 valence electrons. The molecule has 5 heteroatoms. The minimum absolute atomic E-state index is 0.0567. The van der Waals surface area contributed by atoms with E-state index in [0.29, 0.717) is 13.1 Å². The molecule has 0 saturated carbocycles. The standard InChI is InChI=1S/C11H20N2O3/c1-3-4-5-6-12-11(16)13-8-9(2)7-10(14)15/h3-4,9H,5-8H2,1-2H3,(H,14,15)(H2,12,13,16)/b4-3+. The molecule has 0 aromatic heterocycles. The smallest absolute Gasteiger partial charge is 0.314 e. The summed E-state index contributed by atoms with van der Waals surface area (Å²) in [4.78, 5) is 21.6. The van der Waals surface area contributed by atoms with Crippen molar-refractivity contribution in [3.05, 3.63) is 12.2 Å². The van der Waals surface area contributed by atoms with Crippen LogP contribution in [0, 0.1) is 5.92 Å². The van der Waals surface area contributed by atoms with Crippen LogP contribution in [0.4, 0.5) is 4.79 Å². The lowest BCUT2D eigenvalue weighted by Gasteiger charge is -2.10. The number of amides is 2. The first-order valence-electron chi connectivity index (χ1n) is 5.41. The van der Waals surface area contributed by atoms with Gasteiger partial charge in [-0.05, 0) is 19.3 Å². The molecule has 0 aromatic carbocycles. The Morgan fingerprint density at radius 1 is 1.38 bits per heavy atom. The lowest BCUT2D eigenvalue weighted by Crippen LogP contribution is -2.38. The van der Waals surface area contributed by atoms with Crippen molar-refractivity contribution in [2.75, 3.05) is 13.1 Å². The summed E-state index contributed by atoms with van der Waals surface area (Å²) in [6.45, 7) is 4.67. The molecule has 5 nitrogen and oxygen atoms in total. The highest BCUT2D eigenvalue weighted by molar-refractivity contribution is 5.74. The van der Waals surface area contributed by atoms with E-state index in [4.69, 9.17) is 5.11 Å². The van der Waals surface area contributed by atoms with Gasteiger partial charge in [0, 0.05) is 19.5 Å². The summed E-state index contributed by atoms with van der Waals surface area (Å²) < 4.78 is 0. The molecule has 16 heavy (non-hydrogen) atoms. The van der Waals surface area contributed by atoms with Crippen LogP contribution in [-0.2, 0) is 4.79 Å². The van der Waals surface area contributed by atoms with Gasteiger partial charge in [-0.2, -0.15) is 0 Å². The number of hydrogen-bond donors (Lipinski definition) is 3. The second-order valence-electron chi connectivity index (χ2n) is 3.70. The molecule has 0 rings (SSSR count). The van der Waals surface area contributed by atoms with Crippen molar-refractivity contribution in [1.29, 1.82) is 0 Å². The van der Waals surface area contributed by atoms with Crippen LogP contribution in [0.5, 0.6) is 0 Å². The molecule has 0 aliphatic heterocycles. The average Bonchev–Trinajstić information content (AvgIpc) is 2.20. The minimum atomic E-state index is -0.845. The molecule has 0 radical (unpaired) electrons. The maximum atomic E-state index is 11.2. The highest BCUT2D eigenvalue weighted by atomic mass is 16.4. The third-order valence-electron chi connectivity index (χ3n) is 1.97. The zero-order valence-corrected chi connectivity index (χ0v) is 9.82. The molecule has 3 N–H and O–H groups in total. The molecule has 0 fully saturated rings. The molecular formula is C11H20N2O3. The normalized spacial score (nSPS) is 12.4. The molecule has 1 atom stereocenters. The fraction of sp³-hybridized carbons (Fsp3) is 0.636. The van der Waals surface area contributed by atoms with Gasteiger partial charge in [0.15, 0.2) is 0 Å². The summed E-state index contributed by atoms with van der Waals surface area (Å²) in [5.74, 6) is -0.901. The largest absolute Gasteiger partial charge is 0.481 e. The lowest BCUT2D eigenvalue weighted by molar-refractivity contribution is -0.137. The Hall–Kier alpha value is -1.52. The van der Waals surface area contributed by atoms with Crippen molar-refractivity contribution >= 4 is 12.0 Å². The van der Waals surface area contributed by atoms with Crippen molar-refractivity contribution in [2.45, 2.75) is 26.7 Å². The van der Waals surface area contributed by atoms with Gasteiger partial charge in [-0.15, -0.1) is 0 Å². The van der Waals surface area contributed by atoms with Gasteiger partial charge < -0.3 is 15.7 Å². The Morgan fingerprint density at radius 3 is 2.62 bits per heavy atom. The van der Waals surface area contributed by atoms with E-state index in [2.05, 4.69) is 10.6 Å². The van der Waals surface area contributed by atoms with Gasteiger partial charge in [-0.25, -0.2) is 4.79 Å². The van der Waals surface area contributed by atoms with Gasteiger partial charge in [0.25, 0.3) is 0 Å². The zero-order valence-electron chi connectivity index (χ0n) is 9.82. The van der Waals surface area contributed by atoms with Gasteiger partial charge in [-0.3, -0.25) is 4.79 Å². The number of urea groups is 1. The predicted molar refractivity (Wildman–Crippen MR) is 62.2 cm³/mol. The third kappa shape index (κ3) is 9.05. The van der Waals surface area contributed by atoms with E-state index in [1.54, 1.807) is 6.92 Å². The summed E-state index contributed by atoms with van der Waals surface area (Å²) >= 11 is 0. The Balaban J connectivity index is 3.53. The number of carboxylic acids is 1. The van der Waals surface area contributed by atoms with Crippen molar-refractivity contribution < 1.29 is 14.7 Å². The Labute approximate surface area is 95.9 Å². The first-order valence-corrected chi connectivity index (χ1v) is 5.41. The van der Waals surface area contributed by atoms with E-state index in [1.807, 2.05) is 19.1 Å². The van der Waals surface area contributed by atoms with Crippen molar-refractivity contribution in [2.24, 2.45) is 5.92 Å². The Bertz CT molecular complexity index is 252. The SMILES string of the molecule is C/C=C/CCNC(=O)NCC(C)CC(=O)O. The molecule has 0 spiro atoms. The molecule has 0 aliphatic carbocycles. The van der Waals surface area contributed by atoms with Crippen LogP contribution in [-0.4, -0.2) is 30.2 Å². The Morgan fingerprint density at radius 2 is 2.06 bits per heavy atom. The number of nitrogens with one attached hydrogen (secondary N) is 2. The van der Waals surface area contributed by atoms with Crippen LogP contribution in [0.15, 0.2) is 12.2 Å². The zero-order chi connectivity index (χ0) is 12.4. The van der Waals surface area contributed by atoms with Crippen LogP contribution in [0.3, 0.4) is 0 Å². The van der Waals surface area contributed by atoms with E-state index in [0.717, 1.165) is 6.42 Å². The van der Waals surface area contributed by atoms with E-state index in [-0.39, 0.29) is 18.4 Å². The molecular weight excluding hydrogens is 208 g/mol. The van der Waals surface area contributed by atoms with Crippen molar-refractivity contribution in [3.8, 4) is 0 Å². The van der Waals surface area contributed by atoms with E-state index in [1.165, 1.54) is 0 Å². The molecule has 0 heterocycles. The molecule has 0 saturated heterocycles. The molecule has 0 bridgehead atoms. The number of carbonyl (C=O) groups is 2. The predicted octanol–water partition coefficient (Wildman–Crippen LogP) is 1.36. The van der Waals surface area contributed by atoms with Gasteiger partial charge >= 0.3 is 12.0 Å².